The Morgan fingerprint density at radius 1 is 1.24 bits per heavy atom. The number of nitrogens with one attached hydrogen (secondary N) is 1. The number of anilines is 1. The molecule has 0 bridgehead atoms. The van der Waals surface area contributed by atoms with E-state index in [0.717, 1.165) is 34.9 Å². The van der Waals surface area contributed by atoms with Crippen LogP contribution in [0.3, 0.4) is 0 Å². The number of carbonyl (C=O) groups is 1. The zero-order chi connectivity index (χ0) is 15.4. The molecule has 0 radical (unpaired) electrons. The standard InChI is InChI=1S/C15H22ClN3O2/c1-11-9-13(10-12(2)14(11)16)17-15(21)19-5-3-18(4-6-19)7-8-20/h9-10,20H,3-8H2,1-2H3,(H,17,21). The molecule has 2 N–H and O–H groups in total. The van der Waals surface area contributed by atoms with Gasteiger partial charge in [-0.05, 0) is 37.1 Å². The lowest BCUT2D eigenvalue weighted by molar-refractivity contribution is 0.127. The molecule has 21 heavy (non-hydrogen) atoms. The van der Waals surface area contributed by atoms with Crippen molar-refractivity contribution in [3.05, 3.63) is 28.3 Å². The van der Waals surface area contributed by atoms with E-state index in [1.807, 2.05) is 26.0 Å². The Hall–Kier alpha value is -1.30. The van der Waals surface area contributed by atoms with E-state index in [1.165, 1.54) is 0 Å². The summed E-state index contributed by atoms with van der Waals surface area (Å²) in [4.78, 5) is 16.2. The number of aliphatic hydroxyl groups excluding tert-OH is 1. The number of hydrogen-bond donors (Lipinski definition) is 2. The van der Waals surface area contributed by atoms with Crippen LogP contribution in [-0.2, 0) is 0 Å². The van der Waals surface area contributed by atoms with Crippen LogP contribution in [0.5, 0.6) is 0 Å². The molecule has 6 heteroatoms. The maximum absolute atomic E-state index is 12.3. The van der Waals surface area contributed by atoms with Crippen LogP contribution in [-0.4, -0.2) is 60.3 Å². The summed E-state index contributed by atoms with van der Waals surface area (Å²) >= 11 is 6.13. The number of nitrogens with zero attached hydrogens (tertiary/aromatic N) is 2. The first kappa shape index (κ1) is 16.1. The molecule has 0 saturated carbocycles. The summed E-state index contributed by atoms with van der Waals surface area (Å²) in [5, 5.41) is 12.6. The minimum atomic E-state index is -0.0835. The molecule has 1 aliphatic rings. The van der Waals surface area contributed by atoms with Gasteiger partial charge in [0, 0.05) is 43.4 Å². The SMILES string of the molecule is Cc1cc(NC(=O)N2CCN(CCO)CC2)cc(C)c1Cl. The van der Waals surface area contributed by atoms with Gasteiger partial charge >= 0.3 is 6.03 Å². The average Bonchev–Trinajstić information content (AvgIpc) is 2.45. The van der Waals surface area contributed by atoms with E-state index in [1.54, 1.807) is 4.90 Å². The summed E-state index contributed by atoms with van der Waals surface area (Å²) in [5.41, 5.74) is 2.69. The fourth-order valence-electron chi connectivity index (χ4n) is 2.54. The molecule has 116 valence electrons. The topological polar surface area (TPSA) is 55.8 Å². The van der Waals surface area contributed by atoms with Gasteiger partial charge in [-0.2, -0.15) is 0 Å². The Kier molecular flexibility index (Phi) is 5.45. The van der Waals surface area contributed by atoms with Gasteiger partial charge < -0.3 is 15.3 Å². The highest BCUT2D eigenvalue weighted by Crippen LogP contribution is 2.24. The quantitative estimate of drug-likeness (QED) is 0.899. The summed E-state index contributed by atoms with van der Waals surface area (Å²) in [6.45, 7) is 7.64. The smallest absolute Gasteiger partial charge is 0.321 e. The monoisotopic (exact) mass is 311 g/mol. The highest BCUT2D eigenvalue weighted by Gasteiger charge is 2.20. The number of aliphatic hydroxyl groups is 1. The van der Waals surface area contributed by atoms with E-state index in [-0.39, 0.29) is 12.6 Å². The Morgan fingerprint density at radius 2 is 1.81 bits per heavy atom. The number of urea groups is 1. The Labute approximate surface area is 130 Å². The second-order valence-corrected chi connectivity index (χ2v) is 5.78. The van der Waals surface area contributed by atoms with Gasteiger partial charge in [-0.3, -0.25) is 4.90 Å². The van der Waals surface area contributed by atoms with Crippen molar-refractivity contribution in [1.29, 1.82) is 0 Å². The predicted molar refractivity (Wildman–Crippen MR) is 85.0 cm³/mol. The summed E-state index contributed by atoms with van der Waals surface area (Å²) in [7, 11) is 0. The third kappa shape index (κ3) is 4.09. The van der Waals surface area contributed by atoms with Crippen LogP contribution in [0.4, 0.5) is 10.5 Å². The maximum atomic E-state index is 12.3. The first-order chi connectivity index (χ1) is 10.0. The molecule has 2 rings (SSSR count). The second-order valence-electron chi connectivity index (χ2n) is 5.41. The van der Waals surface area contributed by atoms with Crippen LogP contribution in [0.2, 0.25) is 5.02 Å². The Bertz CT molecular complexity index is 491. The molecule has 1 aromatic rings. The molecule has 0 spiro atoms. The average molecular weight is 312 g/mol. The molecule has 0 atom stereocenters. The van der Waals surface area contributed by atoms with Gasteiger partial charge in [-0.1, -0.05) is 11.6 Å². The highest BCUT2D eigenvalue weighted by molar-refractivity contribution is 6.32. The summed E-state index contributed by atoms with van der Waals surface area (Å²) in [6.07, 6.45) is 0. The van der Waals surface area contributed by atoms with Crippen molar-refractivity contribution < 1.29 is 9.90 Å². The predicted octanol–water partition coefficient (Wildman–Crippen LogP) is 2.10. The first-order valence-corrected chi connectivity index (χ1v) is 7.55. The molecule has 0 aliphatic carbocycles. The summed E-state index contributed by atoms with van der Waals surface area (Å²) in [5.74, 6) is 0. The Morgan fingerprint density at radius 3 is 2.33 bits per heavy atom. The normalized spacial score (nSPS) is 16.1. The van der Waals surface area contributed by atoms with Crippen LogP contribution in [0.1, 0.15) is 11.1 Å². The molecular weight excluding hydrogens is 290 g/mol. The number of piperazine rings is 1. The molecule has 0 unspecified atom stereocenters. The second kappa shape index (κ2) is 7.11. The van der Waals surface area contributed by atoms with Crippen LogP contribution >= 0.6 is 11.6 Å². The molecule has 1 aromatic carbocycles. The van der Waals surface area contributed by atoms with E-state index in [2.05, 4.69) is 10.2 Å². The number of rotatable bonds is 3. The van der Waals surface area contributed by atoms with Crippen molar-refractivity contribution in [3.63, 3.8) is 0 Å². The van der Waals surface area contributed by atoms with E-state index < -0.39 is 0 Å². The molecule has 1 fully saturated rings. The van der Waals surface area contributed by atoms with Gasteiger partial charge in [-0.15, -0.1) is 0 Å². The molecule has 2 amide bonds. The number of benzene rings is 1. The van der Waals surface area contributed by atoms with E-state index in [0.29, 0.717) is 19.6 Å². The molecular formula is C15H22ClN3O2. The number of amides is 2. The largest absolute Gasteiger partial charge is 0.395 e. The molecule has 1 heterocycles. The Balaban J connectivity index is 1.93. The number of carbonyl (C=O) groups excluding carboxylic acids is 1. The van der Waals surface area contributed by atoms with Crippen LogP contribution in [0.15, 0.2) is 12.1 Å². The lowest BCUT2D eigenvalue weighted by atomic mass is 10.1. The van der Waals surface area contributed by atoms with Crippen molar-refractivity contribution in [2.75, 3.05) is 44.6 Å². The molecule has 0 aromatic heterocycles. The van der Waals surface area contributed by atoms with Crippen LogP contribution in [0, 0.1) is 13.8 Å². The molecule has 1 saturated heterocycles. The zero-order valence-electron chi connectivity index (χ0n) is 12.5. The van der Waals surface area contributed by atoms with Crippen LogP contribution < -0.4 is 5.32 Å². The van der Waals surface area contributed by atoms with Crippen molar-refractivity contribution in [2.45, 2.75) is 13.8 Å². The van der Waals surface area contributed by atoms with Crippen molar-refractivity contribution in [2.24, 2.45) is 0 Å². The number of halogens is 1. The summed E-state index contributed by atoms with van der Waals surface area (Å²) < 4.78 is 0. The number of hydrogen-bond acceptors (Lipinski definition) is 3. The minimum absolute atomic E-state index is 0.0835. The van der Waals surface area contributed by atoms with Gasteiger partial charge in [0.05, 0.1) is 6.61 Å². The van der Waals surface area contributed by atoms with E-state index in [4.69, 9.17) is 16.7 Å². The number of aryl methyl sites for hydroxylation is 2. The highest BCUT2D eigenvalue weighted by atomic mass is 35.5. The fourth-order valence-corrected chi connectivity index (χ4v) is 2.65. The van der Waals surface area contributed by atoms with E-state index >= 15 is 0 Å². The van der Waals surface area contributed by atoms with Gasteiger partial charge in [0.15, 0.2) is 0 Å². The summed E-state index contributed by atoms with van der Waals surface area (Å²) in [6, 6.07) is 3.68. The minimum Gasteiger partial charge on any atom is -0.395 e. The van der Waals surface area contributed by atoms with Gasteiger partial charge in [0.1, 0.15) is 0 Å². The van der Waals surface area contributed by atoms with Crippen molar-refractivity contribution >= 4 is 23.3 Å². The molecule has 5 nitrogen and oxygen atoms in total. The fraction of sp³-hybridized carbons (Fsp3) is 0.533. The maximum Gasteiger partial charge on any atom is 0.321 e. The van der Waals surface area contributed by atoms with Gasteiger partial charge in [0.2, 0.25) is 0 Å². The third-order valence-corrected chi connectivity index (χ3v) is 4.36. The van der Waals surface area contributed by atoms with Gasteiger partial charge in [-0.25, -0.2) is 4.79 Å². The van der Waals surface area contributed by atoms with Crippen molar-refractivity contribution in [1.82, 2.24) is 9.80 Å². The zero-order valence-corrected chi connectivity index (χ0v) is 13.3. The van der Waals surface area contributed by atoms with Crippen molar-refractivity contribution in [3.8, 4) is 0 Å². The third-order valence-electron chi connectivity index (χ3n) is 3.76. The first-order valence-electron chi connectivity index (χ1n) is 7.17. The van der Waals surface area contributed by atoms with Crippen LogP contribution in [0.25, 0.3) is 0 Å². The van der Waals surface area contributed by atoms with Gasteiger partial charge in [0.25, 0.3) is 0 Å². The lowest BCUT2D eigenvalue weighted by Crippen LogP contribution is -2.50. The number of β-amino-alcohol motifs (C(OH)–C–C–N with tert-alkyl or cyclic N) is 1. The lowest BCUT2D eigenvalue weighted by Gasteiger charge is -2.34. The molecule has 1 aliphatic heterocycles. The van der Waals surface area contributed by atoms with E-state index in [9.17, 15) is 4.79 Å².